The molecular weight excluding hydrogens is 342 g/mol. The molecule has 0 amide bonds. The quantitative estimate of drug-likeness (QED) is 0.552. The molecule has 4 aromatic rings. The fourth-order valence-corrected chi connectivity index (χ4v) is 3.27. The van der Waals surface area contributed by atoms with Gasteiger partial charge in [-0.05, 0) is 42.8 Å². The number of pyridine rings is 1. The maximum absolute atomic E-state index is 5.91. The summed E-state index contributed by atoms with van der Waals surface area (Å²) in [6.45, 7) is 2.06. The molecule has 0 atom stereocenters. The summed E-state index contributed by atoms with van der Waals surface area (Å²) in [7, 11) is 0. The molecule has 5 nitrogen and oxygen atoms in total. The van der Waals surface area contributed by atoms with E-state index in [-0.39, 0.29) is 0 Å². The second-order valence-electron chi connectivity index (χ2n) is 5.42. The van der Waals surface area contributed by atoms with Gasteiger partial charge in [-0.1, -0.05) is 29.4 Å². The zero-order chi connectivity index (χ0) is 16.5. The van der Waals surface area contributed by atoms with Gasteiger partial charge in [0, 0.05) is 28.7 Å². The molecule has 120 valence electrons. The Bertz CT molecular complexity index is 990. The molecule has 0 bridgehead atoms. The molecule has 0 aliphatic rings. The molecule has 0 saturated heterocycles. The molecule has 1 aromatic carbocycles. The molecule has 0 aliphatic carbocycles. The predicted octanol–water partition coefficient (Wildman–Crippen LogP) is 4.37. The number of fused-ring (bicyclic) bond motifs is 1. The third-order valence-electron chi connectivity index (χ3n) is 3.66. The highest BCUT2D eigenvalue weighted by Crippen LogP contribution is 2.23. The Kier molecular flexibility index (Phi) is 4.00. The lowest BCUT2D eigenvalue weighted by molar-refractivity contribution is 0.972. The molecule has 24 heavy (non-hydrogen) atoms. The minimum atomic E-state index is 0.703. The van der Waals surface area contributed by atoms with Crippen molar-refractivity contribution in [3.63, 3.8) is 0 Å². The summed E-state index contributed by atoms with van der Waals surface area (Å²) in [5, 5.41) is 8.63. The second kappa shape index (κ2) is 6.30. The van der Waals surface area contributed by atoms with Crippen LogP contribution in [0.1, 0.15) is 11.3 Å². The highest BCUT2D eigenvalue weighted by Gasteiger charge is 2.09. The number of imidazole rings is 1. The Labute approximate surface area is 148 Å². The van der Waals surface area contributed by atoms with Crippen molar-refractivity contribution in [2.24, 2.45) is 0 Å². The summed E-state index contributed by atoms with van der Waals surface area (Å²) in [5.41, 5.74) is 4.12. The van der Waals surface area contributed by atoms with Crippen molar-refractivity contribution in [1.29, 1.82) is 0 Å². The Morgan fingerprint density at radius 3 is 2.79 bits per heavy atom. The number of halogens is 1. The molecule has 3 aromatic heterocycles. The van der Waals surface area contributed by atoms with E-state index in [0.29, 0.717) is 10.2 Å². The van der Waals surface area contributed by atoms with E-state index in [0.717, 1.165) is 34.0 Å². The standard InChI is InChI=1S/C17H14ClN5S/c1-11-3-2-8-23-9-14(19-16(11)23)10-24-17-20-15(21-22-17)12-4-6-13(18)7-5-12/h2-9H,10H2,1H3,(H,20,21,22). The van der Waals surface area contributed by atoms with Crippen LogP contribution in [0.4, 0.5) is 0 Å². The average Bonchev–Trinajstić information content (AvgIpc) is 3.21. The van der Waals surface area contributed by atoms with Gasteiger partial charge in [-0.2, -0.15) is 0 Å². The number of aromatic nitrogens is 5. The summed E-state index contributed by atoms with van der Waals surface area (Å²) < 4.78 is 2.04. The van der Waals surface area contributed by atoms with Crippen molar-refractivity contribution in [3.8, 4) is 11.4 Å². The van der Waals surface area contributed by atoms with Gasteiger partial charge in [0.2, 0.25) is 5.16 Å². The summed E-state index contributed by atoms with van der Waals surface area (Å²) in [5.74, 6) is 1.46. The number of aryl methyl sites for hydroxylation is 1. The van der Waals surface area contributed by atoms with Gasteiger partial charge < -0.3 is 4.40 Å². The van der Waals surface area contributed by atoms with Crippen molar-refractivity contribution in [2.45, 2.75) is 17.8 Å². The van der Waals surface area contributed by atoms with E-state index >= 15 is 0 Å². The van der Waals surface area contributed by atoms with Crippen LogP contribution in [0, 0.1) is 6.92 Å². The van der Waals surface area contributed by atoms with Crippen molar-refractivity contribution >= 4 is 29.0 Å². The van der Waals surface area contributed by atoms with Crippen LogP contribution in [0.25, 0.3) is 17.0 Å². The minimum absolute atomic E-state index is 0.703. The van der Waals surface area contributed by atoms with E-state index in [1.165, 1.54) is 0 Å². The number of rotatable bonds is 4. The van der Waals surface area contributed by atoms with Gasteiger partial charge in [0.15, 0.2) is 5.82 Å². The molecule has 3 heterocycles. The average molecular weight is 356 g/mol. The van der Waals surface area contributed by atoms with Crippen LogP contribution in [-0.2, 0) is 5.75 Å². The van der Waals surface area contributed by atoms with E-state index in [1.54, 1.807) is 11.8 Å². The lowest BCUT2D eigenvalue weighted by Crippen LogP contribution is -1.84. The van der Waals surface area contributed by atoms with Crippen molar-refractivity contribution in [3.05, 3.63) is 65.1 Å². The topological polar surface area (TPSA) is 58.9 Å². The fraction of sp³-hybridized carbons (Fsp3) is 0.118. The number of aromatic amines is 1. The normalized spacial score (nSPS) is 11.2. The first-order chi connectivity index (χ1) is 11.7. The van der Waals surface area contributed by atoms with Gasteiger partial charge in [0.1, 0.15) is 5.65 Å². The molecule has 1 N–H and O–H groups in total. The summed E-state index contributed by atoms with van der Waals surface area (Å²) in [6.07, 6.45) is 4.05. The first kappa shape index (κ1) is 15.2. The molecule has 7 heteroatoms. The van der Waals surface area contributed by atoms with E-state index in [4.69, 9.17) is 11.6 Å². The molecule has 4 rings (SSSR count). The molecular formula is C17H14ClN5S. The lowest BCUT2D eigenvalue weighted by Gasteiger charge is -1.95. The van der Waals surface area contributed by atoms with Gasteiger partial charge in [0.25, 0.3) is 0 Å². The summed E-state index contributed by atoms with van der Waals surface area (Å²) >= 11 is 7.47. The Morgan fingerprint density at radius 2 is 2.00 bits per heavy atom. The third-order valence-corrected chi connectivity index (χ3v) is 4.79. The van der Waals surface area contributed by atoms with E-state index in [1.807, 2.05) is 47.1 Å². The maximum atomic E-state index is 5.91. The zero-order valence-corrected chi connectivity index (χ0v) is 14.5. The van der Waals surface area contributed by atoms with Crippen LogP contribution in [-0.4, -0.2) is 24.6 Å². The number of nitrogens with zero attached hydrogens (tertiary/aromatic N) is 4. The number of H-pyrrole nitrogens is 1. The molecule has 0 aliphatic heterocycles. The predicted molar refractivity (Wildman–Crippen MR) is 96.3 cm³/mol. The van der Waals surface area contributed by atoms with Crippen LogP contribution in [0.15, 0.2) is 53.9 Å². The SMILES string of the molecule is Cc1cccn2cc(CSc3n[nH]c(-c4ccc(Cl)cc4)n3)nc12. The van der Waals surface area contributed by atoms with Crippen LogP contribution < -0.4 is 0 Å². The van der Waals surface area contributed by atoms with Gasteiger partial charge in [-0.15, -0.1) is 5.10 Å². The van der Waals surface area contributed by atoms with Gasteiger partial charge in [0.05, 0.1) is 5.69 Å². The Balaban J connectivity index is 1.49. The fourth-order valence-electron chi connectivity index (χ4n) is 2.46. The van der Waals surface area contributed by atoms with Crippen LogP contribution in [0.2, 0.25) is 5.02 Å². The second-order valence-corrected chi connectivity index (χ2v) is 6.80. The number of hydrogen-bond acceptors (Lipinski definition) is 4. The number of hydrogen-bond donors (Lipinski definition) is 1. The lowest BCUT2D eigenvalue weighted by atomic mass is 10.2. The molecule has 0 saturated carbocycles. The van der Waals surface area contributed by atoms with Crippen molar-refractivity contribution < 1.29 is 0 Å². The zero-order valence-electron chi connectivity index (χ0n) is 12.9. The number of benzene rings is 1. The molecule has 0 fully saturated rings. The maximum Gasteiger partial charge on any atom is 0.209 e. The smallest absolute Gasteiger partial charge is 0.209 e. The van der Waals surface area contributed by atoms with E-state index < -0.39 is 0 Å². The number of thioether (sulfide) groups is 1. The summed E-state index contributed by atoms with van der Waals surface area (Å²) in [4.78, 5) is 9.18. The van der Waals surface area contributed by atoms with Crippen LogP contribution in [0.3, 0.4) is 0 Å². The Morgan fingerprint density at radius 1 is 1.17 bits per heavy atom. The highest BCUT2D eigenvalue weighted by atomic mass is 35.5. The molecule has 0 radical (unpaired) electrons. The summed E-state index contributed by atoms with van der Waals surface area (Å²) in [6, 6.07) is 11.6. The van der Waals surface area contributed by atoms with E-state index in [2.05, 4.69) is 33.2 Å². The van der Waals surface area contributed by atoms with Gasteiger partial charge in [-0.25, -0.2) is 9.97 Å². The van der Waals surface area contributed by atoms with Crippen LogP contribution in [0.5, 0.6) is 0 Å². The monoisotopic (exact) mass is 355 g/mol. The van der Waals surface area contributed by atoms with E-state index in [9.17, 15) is 0 Å². The van der Waals surface area contributed by atoms with Crippen LogP contribution >= 0.6 is 23.4 Å². The van der Waals surface area contributed by atoms with Gasteiger partial charge in [-0.3, -0.25) is 5.10 Å². The number of nitrogens with one attached hydrogen (secondary N) is 1. The molecule has 0 spiro atoms. The first-order valence-corrected chi connectivity index (χ1v) is 8.80. The molecule has 0 unspecified atom stereocenters. The minimum Gasteiger partial charge on any atom is -0.307 e. The van der Waals surface area contributed by atoms with Crippen molar-refractivity contribution in [2.75, 3.05) is 0 Å². The Hall–Kier alpha value is -2.31. The first-order valence-electron chi connectivity index (χ1n) is 7.43. The van der Waals surface area contributed by atoms with Gasteiger partial charge >= 0.3 is 0 Å². The third kappa shape index (κ3) is 3.02. The highest BCUT2D eigenvalue weighted by molar-refractivity contribution is 7.98. The van der Waals surface area contributed by atoms with Crippen molar-refractivity contribution in [1.82, 2.24) is 24.6 Å². The largest absolute Gasteiger partial charge is 0.307 e.